The Kier molecular flexibility index (Phi) is 8.73. The summed E-state index contributed by atoms with van der Waals surface area (Å²) in [5, 5.41) is 22.7. The Balaban J connectivity index is 1.05. The number of hydrogen-bond donors (Lipinski definition) is 3. The second-order valence-electron chi connectivity index (χ2n) is 15.7. The number of fused-ring (bicyclic) bond motifs is 6. The first-order chi connectivity index (χ1) is 27.6. The summed E-state index contributed by atoms with van der Waals surface area (Å²) in [4.78, 5) is 35.0. The van der Waals surface area contributed by atoms with Gasteiger partial charge in [-0.3, -0.25) is 4.79 Å². The summed E-state index contributed by atoms with van der Waals surface area (Å²) in [5.41, 5.74) is -7.57. The topological polar surface area (TPSA) is 146 Å². The van der Waals surface area contributed by atoms with Gasteiger partial charge in [-0.25, -0.2) is 9.97 Å². The molecule has 0 amide bonds. The lowest BCUT2D eigenvalue weighted by molar-refractivity contribution is -0.139. The molecular weight excluding hydrogens is 811 g/mol. The molecule has 0 spiro atoms. The Morgan fingerprint density at radius 1 is 0.793 bits per heavy atom. The van der Waals surface area contributed by atoms with Crippen LogP contribution in [0.2, 0.25) is 0 Å². The van der Waals surface area contributed by atoms with Crippen LogP contribution in [0.15, 0.2) is 44.1 Å². The molecule has 4 bridgehead atoms. The van der Waals surface area contributed by atoms with Gasteiger partial charge in [0, 0.05) is 85.5 Å². The minimum Gasteiger partial charge on any atom is -0.423 e. The van der Waals surface area contributed by atoms with E-state index in [1.807, 2.05) is 0 Å². The number of piperidine rings is 1. The van der Waals surface area contributed by atoms with Crippen molar-refractivity contribution in [2.45, 2.75) is 81.1 Å². The third-order valence-corrected chi connectivity index (χ3v) is 13.2. The van der Waals surface area contributed by atoms with E-state index >= 15 is 26.3 Å². The zero-order valence-corrected chi connectivity index (χ0v) is 32.2. The molecule has 5 aliphatic rings. The van der Waals surface area contributed by atoms with Gasteiger partial charge >= 0.3 is 12.4 Å². The fourth-order valence-corrected chi connectivity index (χ4v) is 10.2. The molecule has 5 saturated heterocycles. The molecule has 6 aromatic rings. The average molecular weight is 845 g/mol. The number of halogens is 6. The van der Waals surface area contributed by atoms with Crippen molar-refractivity contribution in [1.82, 2.24) is 30.6 Å². The number of carbonyl (C=O) groups is 1. The Morgan fingerprint density at radius 2 is 1.28 bits per heavy atom. The summed E-state index contributed by atoms with van der Waals surface area (Å²) in [7, 11) is 0. The normalized spacial score (nSPS) is 23.2. The van der Waals surface area contributed by atoms with E-state index in [1.165, 1.54) is 12.4 Å². The van der Waals surface area contributed by atoms with Crippen LogP contribution in [0.25, 0.3) is 43.3 Å². The fourth-order valence-electron chi connectivity index (χ4n) is 8.91. The van der Waals surface area contributed by atoms with Crippen LogP contribution in [0.3, 0.4) is 0 Å². The molecule has 3 N–H and O–H groups in total. The van der Waals surface area contributed by atoms with Gasteiger partial charge < -0.3 is 34.4 Å². The van der Waals surface area contributed by atoms with Crippen molar-refractivity contribution in [2.24, 2.45) is 0 Å². The minimum absolute atomic E-state index is 0.00657. The third kappa shape index (κ3) is 6.43. The summed E-state index contributed by atoms with van der Waals surface area (Å²) >= 11 is 2.27. The van der Waals surface area contributed by atoms with Gasteiger partial charge in [-0.05, 0) is 50.3 Å². The number of nitrogens with zero attached hydrogens (tertiary/aromatic N) is 6. The van der Waals surface area contributed by atoms with Gasteiger partial charge in [0.15, 0.2) is 16.9 Å². The van der Waals surface area contributed by atoms with Gasteiger partial charge in [0.1, 0.15) is 21.0 Å². The van der Waals surface area contributed by atoms with Gasteiger partial charge in [0.05, 0.1) is 27.9 Å². The highest BCUT2D eigenvalue weighted by Gasteiger charge is 2.46. The third-order valence-electron chi connectivity index (χ3n) is 11.6. The molecule has 20 heteroatoms. The quantitative estimate of drug-likeness (QED) is 0.0973. The highest BCUT2D eigenvalue weighted by Crippen LogP contribution is 2.48. The van der Waals surface area contributed by atoms with Crippen molar-refractivity contribution in [2.75, 3.05) is 36.0 Å². The van der Waals surface area contributed by atoms with Crippen LogP contribution >= 0.6 is 22.7 Å². The molecule has 9 heterocycles. The van der Waals surface area contributed by atoms with Crippen molar-refractivity contribution in [1.29, 1.82) is 0 Å². The van der Waals surface area contributed by atoms with Crippen molar-refractivity contribution in [3.05, 3.63) is 57.5 Å². The summed E-state index contributed by atoms with van der Waals surface area (Å²) in [5.74, 6) is -1.06. The number of aliphatic hydroxyl groups is 1. The number of rotatable bonds is 9. The first kappa shape index (κ1) is 37.6. The molecule has 5 unspecified atom stereocenters. The zero-order valence-electron chi connectivity index (χ0n) is 30.6. The predicted molar refractivity (Wildman–Crippen MR) is 203 cm³/mol. The SMILES string of the molecule is CC(O)(CCC(=O)c1cc(-c2nccs2)c2oc(N3CC4CCC(C3)N4)nc2c1C(F)(F)F)c1cc(-c2nccs2)c2oc(N3CC4CC(C3)N4)nc2c1C(F)(F)F. The van der Waals surface area contributed by atoms with Crippen LogP contribution < -0.4 is 20.4 Å². The Bertz CT molecular complexity index is 2520. The van der Waals surface area contributed by atoms with E-state index in [1.54, 1.807) is 20.6 Å². The first-order valence-corrected chi connectivity index (χ1v) is 20.5. The van der Waals surface area contributed by atoms with Crippen LogP contribution in [0.5, 0.6) is 0 Å². The Morgan fingerprint density at radius 3 is 1.78 bits per heavy atom. The van der Waals surface area contributed by atoms with Gasteiger partial charge in [-0.2, -0.15) is 36.3 Å². The molecule has 58 heavy (non-hydrogen) atoms. The second-order valence-corrected chi connectivity index (χ2v) is 17.4. The van der Waals surface area contributed by atoms with E-state index in [-0.39, 0.29) is 63.5 Å². The van der Waals surface area contributed by atoms with Crippen molar-refractivity contribution >= 4 is 62.7 Å². The highest BCUT2D eigenvalue weighted by atomic mass is 32.1. The number of aromatic nitrogens is 4. The number of piperazine rings is 2. The molecular formula is C38H34F6N8O4S2. The number of Topliss-reactive ketones (excluding diaryl/α,β-unsaturated/α-hetero) is 1. The zero-order chi connectivity index (χ0) is 40.3. The van der Waals surface area contributed by atoms with Gasteiger partial charge in [0.2, 0.25) is 0 Å². The molecule has 2 aromatic carbocycles. The van der Waals surface area contributed by atoms with E-state index in [0.717, 1.165) is 61.0 Å². The summed E-state index contributed by atoms with van der Waals surface area (Å²) < 4.78 is 103. The first-order valence-electron chi connectivity index (χ1n) is 18.8. The predicted octanol–water partition coefficient (Wildman–Crippen LogP) is 7.62. The fraction of sp³-hybridized carbons (Fsp3) is 0.447. The number of anilines is 2. The standard InChI is InChI=1S/C38H34F6N8O4S2/c1-36(54,24-12-23(33-46-7-9-58-33)31-29(27(24)38(42,43)44)50-35(56-31)52-15-19-10-20(16-52)48-19)5-4-25(53)21-11-22(32-45-6-8-57-32)30-28(26(21)37(39,40)41)49-34(55-30)51-13-17-2-3-18(14-51)47-17/h6-9,11-12,17-20,47-48,54H,2-5,10,13-16H2,1H3. The molecule has 5 aliphatic heterocycles. The number of thiazole rings is 2. The lowest BCUT2D eigenvalue weighted by atomic mass is 9.84. The van der Waals surface area contributed by atoms with E-state index in [0.29, 0.717) is 31.2 Å². The van der Waals surface area contributed by atoms with Crippen LogP contribution in [0, 0.1) is 0 Å². The number of oxazole rings is 2. The van der Waals surface area contributed by atoms with Crippen LogP contribution in [0.1, 0.15) is 66.1 Å². The van der Waals surface area contributed by atoms with E-state index in [4.69, 9.17) is 8.83 Å². The molecule has 0 aliphatic carbocycles. The molecule has 12 nitrogen and oxygen atoms in total. The summed E-state index contributed by atoms with van der Waals surface area (Å²) in [6.45, 7) is 3.01. The maximum Gasteiger partial charge on any atom is 0.419 e. The van der Waals surface area contributed by atoms with Crippen molar-refractivity contribution in [3.63, 3.8) is 0 Å². The molecule has 4 aromatic heterocycles. The number of ketones is 1. The lowest BCUT2D eigenvalue weighted by Crippen LogP contribution is -2.67. The van der Waals surface area contributed by atoms with E-state index in [2.05, 4.69) is 30.6 Å². The van der Waals surface area contributed by atoms with E-state index in [9.17, 15) is 9.90 Å². The maximum absolute atomic E-state index is 15.2. The largest absolute Gasteiger partial charge is 0.423 e. The summed E-state index contributed by atoms with van der Waals surface area (Å²) in [6.07, 6.45) is -5.91. The molecule has 11 rings (SSSR count). The lowest BCUT2D eigenvalue weighted by Gasteiger charge is -2.47. The maximum atomic E-state index is 15.2. The van der Waals surface area contributed by atoms with Gasteiger partial charge in [0.25, 0.3) is 12.0 Å². The van der Waals surface area contributed by atoms with Crippen LogP contribution in [0.4, 0.5) is 38.4 Å². The number of hydrogen-bond acceptors (Lipinski definition) is 14. The average Bonchev–Trinajstić information content (AvgIpc) is 4.02. The van der Waals surface area contributed by atoms with Gasteiger partial charge in [-0.1, -0.05) is 0 Å². The van der Waals surface area contributed by atoms with Gasteiger partial charge in [-0.15, -0.1) is 22.7 Å². The van der Waals surface area contributed by atoms with Crippen LogP contribution in [-0.4, -0.2) is 81.2 Å². The smallest absolute Gasteiger partial charge is 0.419 e. The number of benzene rings is 2. The monoisotopic (exact) mass is 844 g/mol. The molecule has 5 atom stereocenters. The number of carbonyl (C=O) groups excluding carboxylic acids is 1. The van der Waals surface area contributed by atoms with Crippen molar-refractivity contribution in [3.8, 4) is 21.1 Å². The minimum atomic E-state index is -5.09. The summed E-state index contributed by atoms with van der Waals surface area (Å²) in [6, 6.07) is 2.71. The highest BCUT2D eigenvalue weighted by molar-refractivity contribution is 7.13. The molecule has 0 radical (unpaired) electrons. The molecule has 0 saturated carbocycles. The van der Waals surface area contributed by atoms with Crippen LogP contribution in [-0.2, 0) is 18.0 Å². The molecule has 5 fully saturated rings. The van der Waals surface area contributed by atoms with E-state index < -0.39 is 69.9 Å². The molecule has 304 valence electrons. The van der Waals surface area contributed by atoms with Crippen molar-refractivity contribution < 1.29 is 45.1 Å². The Labute approximate surface area is 333 Å². The number of alkyl halides is 6. The Hall–Kier alpha value is -4.63. The second kappa shape index (κ2) is 13.4. The number of nitrogens with one attached hydrogen (secondary N) is 2.